The van der Waals surface area contributed by atoms with Gasteiger partial charge in [0.25, 0.3) is 0 Å². The first kappa shape index (κ1) is 23.8. The average Bonchev–Trinajstić information content (AvgIpc) is 3.14. The molecule has 0 bridgehead atoms. The predicted molar refractivity (Wildman–Crippen MR) is 138 cm³/mol. The monoisotopic (exact) mass is 458 g/mol. The molecule has 0 aliphatic carbocycles. The fourth-order valence-electron chi connectivity index (χ4n) is 4.83. The van der Waals surface area contributed by atoms with Gasteiger partial charge in [-0.3, -0.25) is 14.5 Å². The molecule has 0 saturated carbocycles. The van der Waals surface area contributed by atoms with Gasteiger partial charge in [0.05, 0.1) is 11.7 Å². The summed E-state index contributed by atoms with van der Waals surface area (Å²) < 4.78 is 0. The van der Waals surface area contributed by atoms with Crippen molar-refractivity contribution < 1.29 is 9.59 Å². The molecule has 2 aromatic carbocycles. The number of hydrogen-bond donors (Lipinski definition) is 2. The number of hydrogen-bond acceptors (Lipinski definition) is 5. The molecule has 178 valence electrons. The average molecular weight is 459 g/mol. The van der Waals surface area contributed by atoms with Crippen LogP contribution in [0.4, 0.5) is 11.4 Å². The minimum absolute atomic E-state index is 0.0256. The van der Waals surface area contributed by atoms with Gasteiger partial charge in [0.15, 0.2) is 5.78 Å². The number of nitrogens with zero attached hydrogens (tertiary/aromatic N) is 2. The molecule has 1 saturated heterocycles. The normalized spacial score (nSPS) is 15.2. The lowest BCUT2D eigenvalue weighted by Crippen LogP contribution is -2.45. The Bertz CT molecular complexity index is 1140. The number of H-pyrrole nitrogens is 1. The van der Waals surface area contributed by atoms with Gasteiger partial charge >= 0.3 is 0 Å². The van der Waals surface area contributed by atoms with Gasteiger partial charge in [0.1, 0.15) is 0 Å². The van der Waals surface area contributed by atoms with Crippen LogP contribution in [-0.2, 0) is 6.54 Å². The van der Waals surface area contributed by atoms with Gasteiger partial charge in [-0.15, -0.1) is 0 Å². The summed E-state index contributed by atoms with van der Waals surface area (Å²) in [5, 5.41) is 3.31. The molecule has 1 fully saturated rings. The van der Waals surface area contributed by atoms with E-state index in [0.717, 1.165) is 49.7 Å². The number of rotatable bonds is 8. The second-order valence-electron chi connectivity index (χ2n) is 9.21. The quantitative estimate of drug-likeness (QED) is 0.473. The zero-order chi connectivity index (χ0) is 24.2. The van der Waals surface area contributed by atoms with Gasteiger partial charge in [-0.2, -0.15) is 0 Å². The van der Waals surface area contributed by atoms with Gasteiger partial charge in [-0.25, -0.2) is 0 Å². The van der Waals surface area contributed by atoms with E-state index in [1.54, 1.807) is 0 Å². The first-order valence-electron chi connectivity index (χ1n) is 12.0. The van der Waals surface area contributed by atoms with E-state index in [0.29, 0.717) is 11.3 Å². The number of carbonyl (C=O) groups is 2. The van der Waals surface area contributed by atoms with Gasteiger partial charge in [0.2, 0.25) is 5.78 Å². The van der Waals surface area contributed by atoms with Crippen molar-refractivity contribution >= 4 is 22.9 Å². The lowest BCUT2D eigenvalue weighted by Gasteiger charge is -2.36. The number of aryl methyl sites for hydroxylation is 1. The predicted octanol–water partition coefficient (Wildman–Crippen LogP) is 4.84. The molecule has 0 unspecified atom stereocenters. The molecular formula is C28H34N4O2. The Labute approximate surface area is 202 Å². The number of aromatic nitrogens is 1. The number of piperazine rings is 1. The molecule has 0 spiro atoms. The van der Waals surface area contributed by atoms with Crippen molar-refractivity contribution in [2.75, 3.05) is 36.4 Å². The number of anilines is 2. The van der Waals surface area contributed by atoms with Crippen LogP contribution < -0.4 is 10.2 Å². The summed E-state index contributed by atoms with van der Waals surface area (Å²) in [7, 11) is 0. The topological polar surface area (TPSA) is 68.4 Å². The molecule has 0 amide bonds. The third-order valence-corrected chi connectivity index (χ3v) is 6.67. The second-order valence-corrected chi connectivity index (χ2v) is 9.21. The molecule has 2 N–H and O–H groups in total. The lowest BCUT2D eigenvalue weighted by atomic mass is 10.0. The van der Waals surface area contributed by atoms with Crippen LogP contribution in [0.25, 0.3) is 0 Å². The minimum Gasteiger partial charge on any atom is -0.375 e. The molecule has 6 nitrogen and oxygen atoms in total. The molecule has 1 aliphatic rings. The molecule has 2 heterocycles. The van der Waals surface area contributed by atoms with E-state index < -0.39 is 6.04 Å². The first-order valence-corrected chi connectivity index (χ1v) is 12.0. The van der Waals surface area contributed by atoms with Crippen LogP contribution in [0.1, 0.15) is 51.5 Å². The SMILES string of the molecule is CC(=O)c1c(C)[nH]c(C(=O)[C@H](C)Nc2ccc(N3CCN(Cc4ccccc4)CC3)cc2)c1C. The van der Waals surface area contributed by atoms with E-state index >= 15 is 0 Å². The fraction of sp³-hybridized carbons (Fsp3) is 0.357. The minimum atomic E-state index is -0.413. The summed E-state index contributed by atoms with van der Waals surface area (Å²) in [5.74, 6) is -0.0749. The summed E-state index contributed by atoms with van der Waals surface area (Å²) in [6.45, 7) is 12.1. The number of Topliss-reactive ketones (excluding diaryl/α,β-unsaturated/α-hetero) is 2. The maximum atomic E-state index is 13.0. The molecule has 1 aromatic heterocycles. The summed E-state index contributed by atoms with van der Waals surface area (Å²) >= 11 is 0. The van der Waals surface area contributed by atoms with Crippen molar-refractivity contribution in [2.24, 2.45) is 0 Å². The Morgan fingerprint density at radius 2 is 1.62 bits per heavy atom. The first-order chi connectivity index (χ1) is 16.3. The summed E-state index contributed by atoms with van der Waals surface area (Å²) in [4.78, 5) is 32.9. The van der Waals surface area contributed by atoms with Crippen LogP contribution in [-0.4, -0.2) is 53.7 Å². The maximum absolute atomic E-state index is 13.0. The van der Waals surface area contributed by atoms with Crippen LogP contribution in [0.3, 0.4) is 0 Å². The lowest BCUT2D eigenvalue weighted by molar-refractivity contribution is 0.0970. The van der Waals surface area contributed by atoms with Crippen molar-refractivity contribution in [3.8, 4) is 0 Å². The standard InChI is InChI=1S/C28H34N4O2/c1-19-26(22(4)33)20(2)30-27(19)28(34)21(3)29-24-10-12-25(13-11-24)32-16-14-31(15-17-32)18-23-8-6-5-7-9-23/h5-13,21,29-30H,14-18H2,1-4H3/t21-/m0/s1. The highest BCUT2D eigenvalue weighted by atomic mass is 16.1. The van der Waals surface area contributed by atoms with Crippen LogP contribution in [0, 0.1) is 13.8 Å². The van der Waals surface area contributed by atoms with E-state index in [1.165, 1.54) is 18.2 Å². The number of benzene rings is 2. The van der Waals surface area contributed by atoms with Crippen LogP contribution >= 0.6 is 0 Å². The Morgan fingerprint density at radius 3 is 2.21 bits per heavy atom. The molecule has 1 atom stereocenters. The third kappa shape index (κ3) is 5.23. The number of nitrogens with one attached hydrogen (secondary N) is 2. The van der Waals surface area contributed by atoms with Crippen molar-refractivity contribution in [3.63, 3.8) is 0 Å². The number of aromatic amines is 1. The highest BCUT2D eigenvalue weighted by Crippen LogP contribution is 2.23. The summed E-state index contributed by atoms with van der Waals surface area (Å²) in [6.07, 6.45) is 0. The van der Waals surface area contributed by atoms with Gasteiger partial charge in [-0.05, 0) is 63.1 Å². The molecule has 1 aliphatic heterocycles. The van der Waals surface area contributed by atoms with E-state index in [9.17, 15) is 9.59 Å². The van der Waals surface area contributed by atoms with Crippen LogP contribution in [0.15, 0.2) is 54.6 Å². The highest BCUT2D eigenvalue weighted by molar-refractivity contribution is 6.05. The van der Waals surface area contributed by atoms with E-state index in [4.69, 9.17) is 0 Å². The third-order valence-electron chi connectivity index (χ3n) is 6.67. The maximum Gasteiger partial charge on any atom is 0.201 e. The van der Waals surface area contributed by atoms with Crippen molar-refractivity contribution in [2.45, 2.75) is 40.3 Å². The summed E-state index contributed by atoms with van der Waals surface area (Å²) in [6, 6.07) is 18.5. The fourth-order valence-corrected chi connectivity index (χ4v) is 4.83. The smallest absolute Gasteiger partial charge is 0.201 e. The van der Waals surface area contributed by atoms with Crippen LogP contribution in [0.5, 0.6) is 0 Å². The Morgan fingerprint density at radius 1 is 0.971 bits per heavy atom. The summed E-state index contributed by atoms with van der Waals surface area (Å²) in [5.41, 5.74) is 6.05. The van der Waals surface area contributed by atoms with Gasteiger partial charge in [0, 0.05) is 55.4 Å². The van der Waals surface area contributed by atoms with Crippen molar-refractivity contribution in [3.05, 3.63) is 82.7 Å². The second kappa shape index (κ2) is 10.3. The molecule has 34 heavy (non-hydrogen) atoms. The van der Waals surface area contributed by atoms with E-state index in [-0.39, 0.29) is 11.6 Å². The Hall–Kier alpha value is -3.38. The Kier molecular flexibility index (Phi) is 7.17. The van der Waals surface area contributed by atoms with Gasteiger partial charge < -0.3 is 15.2 Å². The zero-order valence-corrected chi connectivity index (χ0v) is 20.5. The zero-order valence-electron chi connectivity index (χ0n) is 20.5. The van der Waals surface area contributed by atoms with Crippen molar-refractivity contribution in [1.82, 2.24) is 9.88 Å². The van der Waals surface area contributed by atoms with Crippen molar-refractivity contribution in [1.29, 1.82) is 0 Å². The molecule has 4 rings (SSSR count). The van der Waals surface area contributed by atoms with Crippen LogP contribution in [0.2, 0.25) is 0 Å². The Balaban J connectivity index is 1.33. The molecular weight excluding hydrogens is 424 g/mol. The van der Waals surface area contributed by atoms with E-state index in [2.05, 4.69) is 62.6 Å². The number of carbonyl (C=O) groups excluding carboxylic acids is 2. The van der Waals surface area contributed by atoms with E-state index in [1.807, 2.05) is 32.9 Å². The molecule has 0 radical (unpaired) electrons. The largest absolute Gasteiger partial charge is 0.375 e. The highest BCUT2D eigenvalue weighted by Gasteiger charge is 2.24. The molecule has 6 heteroatoms. The number of ketones is 2. The molecule has 3 aromatic rings. The van der Waals surface area contributed by atoms with Gasteiger partial charge in [-0.1, -0.05) is 30.3 Å².